The van der Waals surface area contributed by atoms with Gasteiger partial charge in [-0.25, -0.2) is 4.79 Å². The molecule has 0 spiro atoms. The molecule has 0 bridgehead atoms. The normalized spacial score (nSPS) is 10.9. The molecule has 1 heterocycles. The second-order valence-electron chi connectivity index (χ2n) is 5.43. The Kier molecular flexibility index (Phi) is 5.49. The van der Waals surface area contributed by atoms with Crippen molar-refractivity contribution in [2.24, 2.45) is 0 Å². The predicted molar refractivity (Wildman–Crippen MR) is 75.2 cm³/mol. The van der Waals surface area contributed by atoms with E-state index in [1.165, 1.54) is 0 Å². The van der Waals surface area contributed by atoms with Crippen LogP contribution >= 0.6 is 0 Å². The number of rotatable bonds is 6. The fraction of sp³-hybridized carbons (Fsp3) is 0.500. The molecule has 110 valence electrons. The van der Waals surface area contributed by atoms with Crippen molar-refractivity contribution in [3.05, 3.63) is 30.1 Å². The van der Waals surface area contributed by atoms with Crippen LogP contribution < -0.4 is 5.32 Å². The third-order valence-corrected chi connectivity index (χ3v) is 2.90. The number of amides is 2. The highest BCUT2D eigenvalue weighted by molar-refractivity contribution is 5.75. The molecule has 6 heteroatoms. The zero-order chi connectivity index (χ0) is 15.2. The van der Waals surface area contributed by atoms with Gasteiger partial charge in [-0.3, -0.25) is 9.78 Å². The van der Waals surface area contributed by atoms with Gasteiger partial charge in [0.05, 0.1) is 0 Å². The summed E-state index contributed by atoms with van der Waals surface area (Å²) in [5, 5.41) is 11.5. The molecule has 2 N–H and O–H groups in total. The molecule has 0 unspecified atom stereocenters. The fourth-order valence-corrected chi connectivity index (χ4v) is 1.70. The van der Waals surface area contributed by atoms with Crippen LogP contribution in [0.4, 0.5) is 4.79 Å². The summed E-state index contributed by atoms with van der Waals surface area (Å²) in [6.07, 6.45) is 3.80. The molecule has 1 aromatic rings. The minimum atomic E-state index is -0.865. The van der Waals surface area contributed by atoms with Crippen molar-refractivity contribution >= 4 is 12.0 Å². The number of aromatic nitrogens is 1. The number of carbonyl (C=O) groups excluding carboxylic acids is 1. The molecule has 6 nitrogen and oxygen atoms in total. The zero-order valence-electron chi connectivity index (χ0n) is 12.1. The van der Waals surface area contributed by atoms with Crippen molar-refractivity contribution < 1.29 is 14.7 Å². The number of pyridine rings is 1. The van der Waals surface area contributed by atoms with E-state index in [1.807, 2.05) is 26.0 Å². The summed E-state index contributed by atoms with van der Waals surface area (Å²) in [6, 6.07) is 3.48. The van der Waals surface area contributed by atoms with E-state index in [4.69, 9.17) is 5.11 Å². The minimum absolute atomic E-state index is 0.0274. The van der Waals surface area contributed by atoms with Gasteiger partial charge in [0.1, 0.15) is 0 Å². The van der Waals surface area contributed by atoms with Gasteiger partial charge in [0.15, 0.2) is 0 Å². The summed E-state index contributed by atoms with van der Waals surface area (Å²) in [5.74, 6) is -0.865. The van der Waals surface area contributed by atoms with Crippen LogP contribution in [0.5, 0.6) is 0 Å². The number of hydrogen-bond acceptors (Lipinski definition) is 3. The minimum Gasteiger partial charge on any atom is -0.481 e. The lowest BCUT2D eigenvalue weighted by Crippen LogP contribution is -2.48. The molecule has 0 fully saturated rings. The van der Waals surface area contributed by atoms with Crippen molar-refractivity contribution in [3.63, 3.8) is 0 Å². The number of carbonyl (C=O) groups is 2. The van der Waals surface area contributed by atoms with Gasteiger partial charge < -0.3 is 15.3 Å². The summed E-state index contributed by atoms with van der Waals surface area (Å²) in [6.45, 7) is 4.08. The lowest BCUT2D eigenvalue weighted by molar-refractivity contribution is -0.137. The van der Waals surface area contributed by atoms with E-state index >= 15 is 0 Å². The standard InChI is InChI=1S/C14H21N3O3/c1-14(2,7-6-12(18)19)16-13(20)17(3)10-11-5-4-8-15-9-11/h4-5,8-9H,6-7,10H2,1-3H3,(H,16,20)(H,18,19). The maximum absolute atomic E-state index is 12.1. The first-order chi connectivity index (χ1) is 9.30. The van der Waals surface area contributed by atoms with Crippen molar-refractivity contribution in [1.82, 2.24) is 15.2 Å². The fourth-order valence-electron chi connectivity index (χ4n) is 1.70. The molecule has 0 radical (unpaired) electrons. The smallest absolute Gasteiger partial charge is 0.317 e. The van der Waals surface area contributed by atoms with E-state index in [-0.39, 0.29) is 12.5 Å². The SMILES string of the molecule is CN(Cc1cccnc1)C(=O)NC(C)(C)CCC(=O)O. The van der Waals surface area contributed by atoms with E-state index in [0.717, 1.165) is 5.56 Å². The second kappa shape index (κ2) is 6.88. The maximum atomic E-state index is 12.1. The number of aliphatic carboxylic acids is 1. The summed E-state index contributed by atoms with van der Waals surface area (Å²) in [5.41, 5.74) is 0.382. The van der Waals surface area contributed by atoms with Gasteiger partial charge in [-0.1, -0.05) is 6.07 Å². The van der Waals surface area contributed by atoms with Gasteiger partial charge in [-0.05, 0) is 31.9 Å². The maximum Gasteiger partial charge on any atom is 0.317 e. The molecule has 0 saturated carbocycles. The Morgan fingerprint density at radius 3 is 2.70 bits per heavy atom. The van der Waals surface area contributed by atoms with Gasteiger partial charge in [0, 0.05) is 37.9 Å². The second-order valence-corrected chi connectivity index (χ2v) is 5.43. The van der Waals surface area contributed by atoms with Gasteiger partial charge >= 0.3 is 12.0 Å². The van der Waals surface area contributed by atoms with Crippen molar-refractivity contribution in [3.8, 4) is 0 Å². The third-order valence-electron chi connectivity index (χ3n) is 2.90. The van der Waals surface area contributed by atoms with E-state index < -0.39 is 11.5 Å². The van der Waals surface area contributed by atoms with E-state index in [0.29, 0.717) is 13.0 Å². The van der Waals surface area contributed by atoms with E-state index in [2.05, 4.69) is 10.3 Å². The lowest BCUT2D eigenvalue weighted by atomic mass is 9.99. The monoisotopic (exact) mass is 279 g/mol. The topological polar surface area (TPSA) is 82.5 Å². The molecule has 0 atom stereocenters. The van der Waals surface area contributed by atoms with Gasteiger partial charge in [-0.2, -0.15) is 0 Å². The lowest BCUT2D eigenvalue weighted by Gasteiger charge is -2.29. The van der Waals surface area contributed by atoms with Crippen LogP contribution in [0.2, 0.25) is 0 Å². The van der Waals surface area contributed by atoms with Crippen LogP contribution in [0.3, 0.4) is 0 Å². The van der Waals surface area contributed by atoms with Gasteiger partial charge in [0.2, 0.25) is 0 Å². The molecule has 1 aromatic heterocycles. The Bertz CT molecular complexity index is 460. The average Bonchev–Trinajstić information content (AvgIpc) is 2.37. The highest BCUT2D eigenvalue weighted by atomic mass is 16.4. The summed E-state index contributed by atoms with van der Waals surface area (Å²) in [4.78, 5) is 28.2. The predicted octanol–water partition coefficient (Wildman–Crippen LogP) is 1.87. The summed E-state index contributed by atoms with van der Waals surface area (Å²) >= 11 is 0. The zero-order valence-corrected chi connectivity index (χ0v) is 12.1. The molecule has 0 saturated heterocycles. The Labute approximate surface area is 118 Å². The Hall–Kier alpha value is -2.11. The van der Waals surface area contributed by atoms with Gasteiger partial charge in [0.25, 0.3) is 0 Å². The molecule has 2 amide bonds. The number of hydrogen-bond donors (Lipinski definition) is 2. The van der Waals surface area contributed by atoms with Crippen LogP contribution in [0, 0.1) is 0 Å². The van der Waals surface area contributed by atoms with Crippen LogP contribution in [-0.4, -0.2) is 39.6 Å². The largest absolute Gasteiger partial charge is 0.481 e. The van der Waals surface area contributed by atoms with Crippen LogP contribution in [0.1, 0.15) is 32.3 Å². The Morgan fingerprint density at radius 1 is 1.45 bits per heavy atom. The molecule has 0 aliphatic heterocycles. The number of nitrogens with zero attached hydrogens (tertiary/aromatic N) is 2. The van der Waals surface area contributed by atoms with Crippen LogP contribution in [0.15, 0.2) is 24.5 Å². The molecular formula is C14H21N3O3. The summed E-state index contributed by atoms with van der Waals surface area (Å²) in [7, 11) is 1.69. The first-order valence-electron chi connectivity index (χ1n) is 6.44. The molecular weight excluding hydrogens is 258 g/mol. The Balaban J connectivity index is 2.50. The quantitative estimate of drug-likeness (QED) is 0.832. The molecule has 0 aliphatic rings. The molecule has 1 rings (SSSR count). The van der Waals surface area contributed by atoms with E-state index in [9.17, 15) is 9.59 Å². The number of urea groups is 1. The Morgan fingerprint density at radius 2 is 2.15 bits per heavy atom. The van der Waals surface area contributed by atoms with Gasteiger partial charge in [-0.15, -0.1) is 0 Å². The first-order valence-corrected chi connectivity index (χ1v) is 6.44. The van der Waals surface area contributed by atoms with Crippen LogP contribution in [0.25, 0.3) is 0 Å². The van der Waals surface area contributed by atoms with Crippen molar-refractivity contribution in [1.29, 1.82) is 0 Å². The van der Waals surface area contributed by atoms with E-state index in [1.54, 1.807) is 24.3 Å². The van der Waals surface area contributed by atoms with Crippen molar-refractivity contribution in [2.75, 3.05) is 7.05 Å². The third kappa shape index (κ3) is 5.69. The first kappa shape index (κ1) is 15.9. The number of carboxylic acids is 1. The highest BCUT2D eigenvalue weighted by Crippen LogP contribution is 2.12. The van der Waals surface area contributed by atoms with Crippen molar-refractivity contribution in [2.45, 2.75) is 38.8 Å². The number of nitrogens with one attached hydrogen (secondary N) is 1. The molecule has 20 heavy (non-hydrogen) atoms. The van der Waals surface area contributed by atoms with Crippen LogP contribution in [-0.2, 0) is 11.3 Å². The molecule has 0 aromatic carbocycles. The highest BCUT2D eigenvalue weighted by Gasteiger charge is 2.23. The summed E-state index contributed by atoms with van der Waals surface area (Å²) < 4.78 is 0. The average molecular weight is 279 g/mol. The molecule has 0 aliphatic carbocycles. The number of carboxylic acid groups (broad SMARTS) is 1.